The molecule has 0 N–H and O–H groups in total. The molecule has 0 aromatic carbocycles. The second kappa shape index (κ2) is 4.81. The summed E-state index contributed by atoms with van der Waals surface area (Å²) in [5.74, 6) is -4.19. The van der Waals surface area contributed by atoms with Crippen molar-refractivity contribution in [2.45, 2.75) is 5.80 Å². The van der Waals surface area contributed by atoms with Gasteiger partial charge in [-0.2, -0.15) is 0 Å². The maximum absolute atomic E-state index is 10.3. The average molecular weight is 156 g/mol. The van der Waals surface area contributed by atoms with E-state index in [9.17, 15) is 13.2 Å². The Morgan fingerprint density at radius 2 is 1.11 bits per heavy atom. The second-order valence-corrected chi connectivity index (χ2v) is 2.41. The fourth-order valence-electron chi connectivity index (χ4n) is 0. The number of hydrogen-bond acceptors (Lipinski definition) is 1. The quantitative estimate of drug-likeness (QED) is 0.470. The standard InChI is InChI=1S/C3H9N.CF3Si/c1-4(2)3;2-1(3,4)5/h1-3H3;/q;+3. The summed E-state index contributed by atoms with van der Waals surface area (Å²) in [5.41, 5.74) is 0. The predicted octanol–water partition coefficient (Wildman–Crippen LogP) is 0.853. The van der Waals surface area contributed by atoms with Gasteiger partial charge in [0.15, 0.2) is 0 Å². The topological polar surface area (TPSA) is 3.24 Å². The van der Waals surface area contributed by atoms with E-state index in [-0.39, 0.29) is 0 Å². The van der Waals surface area contributed by atoms with Crippen LogP contribution in [0.5, 0.6) is 0 Å². The van der Waals surface area contributed by atoms with Gasteiger partial charge in [0.25, 0.3) is 0 Å². The summed E-state index contributed by atoms with van der Waals surface area (Å²) in [6.45, 7) is 0. The molecule has 0 heterocycles. The van der Waals surface area contributed by atoms with Gasteiger partial charge < -0.3 is 4.90 Å². The van der Waals surface area contributed by atoms with Gasteiger partial charge in [-0.3, -0.25) is 0 Å². The van der Waals surface area contributed by atoms with E-state index in [1.54, 1.807) is 0 Å². The molecule has 5 heteroatoms. The van der Waals surface area contributed by atoms with Crippen LogP contribution in [0.2, 0.25) is 0 Å². The van der Waals surface area contributed by atoms with Gasteiger partial charge in [0.1, 0.15) is 0 Å². The molecule has 0 aliphatic carbocycles. The molecule has 0 fully saturated rings. The van der Waals surface area contributed by atoms with Crippen LogP contribution in [0.25, 0.3) is 0 Å². The number of rotatable bonds is 0. The van der Waals surface area contributed by atoms with Gasteiger partial charge in [0.2, 0.25) is 0 Å². The van der Waals surface area contributed by atoms with Crippen molar-refractivity contribution in [1.82, 2.24) is 4.90 Å². The third-order valence-corrected chi connectivity index (χ3v) is 0. The van der Waals surface area contributed by atoms with Crippen molar-refractivity contribution in [2.75, 3.05) is 21.1 Å². The van der Waals surface area contributed by atoms with E-state index >= 15 is 0 Å². The summed E-state index contributed by atoms with van der Waals surface area (Å²) in [6.07, 6.45) is 0. The number of hydrogen-bond donors (Lipinski definition) is 0. The molecule has 0 atom stereocenters. The second-order valence-electron chi connectivity index (χ2n) is 1.84. The number of nitrogens with zero attached hydrogens (tertiary/aromatic N) is 1. The summed E-state index contributed by atoms with van der Waals surface area (Å²) in [4.78, 5) is 2.00. The average Bonchev–Trinajstić information content (AvgIpc) is 1.19. The van der Waals surface area contributed by atoms with Crippen LogP contribution in [-0.4, -0.2) is 42.1 Å². The summed E-state index contributed by atoms with van der Waals surface area (Å²) in [5, 5.41) is 0. The molecular weight excluding hydrogens is 147 g/mol. The molecule has 0 unspecified atom stereocenters. The number of halogens is 3. The van der Waals surface area contributed by atoms with Gasteiger partial charge >= 0.3 is 29.2 Å². The van der Waals surface area contributed by atoms with Crippen molar-refractivity contribution in [3.05, 3.63) is 0 Å². The third kappa shape index (κ3) is 259000. The molecule has 1 nitrogen and oxygen atoms in total. The Morgan fingerprint density at radius 1 is 1.11 bits per heavy atom. The summed E-state index contributed by atoms with van der Waals surface area (Å²) in [7, 11) is 7.42. The first kappa shape index (κ1) is 11.7. The zero-order chi connectivity index (χ0) is 8.08. The summed E-state index contributed by atoms with van der Waals surface area (Å²) < 4.78 is 30.8. The van der Waals surface area contributed by atoms with Crippen LogP contribution in [0.3, 0.4) is 0 Å². The van der Waals surface area contributed by atoms with Gasteiger partial charge in [-0.15, -0.1) is 0 Å². The fourth-order valence-corrected chi connectivity index (χ4v) is 0. The van der Waals surface area contributed by atoms with Crippen molar-refractivity contribution >= 4 is 10.2 Å². The van der Waals surface area contributed by atoms with Crippen LogP contribution in [0, 0.1) is 0 Å². The van der Waals surface area contributed by atoms with E-state index in [2.05, 4.69) is 0 Å². The first-order valence-corrected chi connectivity index (χ1v) is 2.66. The van der Waals surface area contributed by atoms with Crippen LogP contribution in [0.4, 0.5) is 13.2 Å². The van der Waals surface area contributed by atoms with E-state index in [4.69, 9.17) is 0 Å². The van der Waals surface area contributed by atoms with Gasteiger partial charge in [0, 0.05) is 0 Å². The van der Waals surface area contributed by atoms with Crippen molar-refractivity contribution in [1.29, 1.82) is 0 Å². The Kier molecular flexibility index (Phi) is 6.27. The van der Waals surface area contributed by atoms with Gasteiger partial charge in [-0.25, -0.2) is 0 Å². The molecule has 0 bridgehead atoms. The molecule has 52 valence electrons. The summed E-state index contributed by atoms with van der Waals surface area (Å²) >= 11 is 0. The Balaban J connectivity index is 0. The van der Waals surface area contributed by atoms with Crippen LogP contribution >= 0.6 is 0 Å². The summed E-state index contributed by atoms with van der Waals surface area (Å²) in [6, 6.07) is 0. The molecule has 0 saturated heterocycles. The van der Waals surface area contributed by atoms with Gasteiger partial charge in [-0.05, 0) is 21.1 Å². The zero-order valence-corrected chi connectivity index (χ0v) is 6.58. The molecule has 0 rings (SSSR count). The minimum absolute atomic E-state index is 1.42. The van der Waals surface area contributed by atoms with Crippen molar-refractivity contribution < 1.29 is 13.2 Å². The molecule has 0 saturated carbocycles. The van der Waals surface area contributed by atoms with Crippen LogP contribution in [0.1, 0.15) is 0 Å². The predicted molar refractivity (Wildman–Crippen MR) is 31.4 cm³/mol. The van der Waals surface area contributed by atoms with Crippen LogP contribution in [-0.2, 0) is 0 Å². The first-order valence-electron chi connectivity index (χ1n) is 2.16. The van der Waals surface area contributed by atoms with E-state index in [0.717, 1.165) is 0 Å². The third-order valence-electron chi connectivity index (χ3n) is 0. The Morgan fingerprint density at radius 3 is 1.11 bits per heavy atom. The molecule has 0 aromatic rings. The van der Waals surface area contributed by atoms with Gasteiger partial charge in [0.05, 0.1) is 0 Å². The van der Waals surface area contributed by atoms with Crippen molar-refractivity contribution in [2.24, 2.45) is 0 Å². The van der Waals surface area contributed by atoms with Crippen LogP contribution < -0.4 is 0 Å². The fraction of sp³-hybridized carbons (Fsp3) is 1.00. The maximum atomic E-state index is 10.3. The molecule has 0 aliphatic heterocycles. The minimum atomic E-state index is -4.19. The van der Waals surface area contributed by atoms with Crippen LogP contribution in [0.15, 0.2) is 0 Å². The van der Waals surface area contributed by atoms with E-state index in [1.807, 2.05) is 26.0 Å². The molecule has 0 aliphatic rings. The first-order chi connectivity index (χ1) is 3.73. The zero-order valence-electron chi connectivity index (χ0n) is 5.58. The van der Waals surface area contributed by atoms with Gasteiger partial charge in [-0.1, -0.05) is 0 Å². The van der Waals surface area contributed by atoms with E-state index in [0.29, 0.717) is 0 Å². The van der Waals surface area contributed by atoms with Crippen molar-refractivity contribution in [3.8, 4) is 0 Å². The van der Waals surface area contributed by atoms with Crippen molar-refractivity contribution in [3.63, 3.8) is 0 Å². The molecule has 0 aromatic heterocycles. The molecule has 0 radical (unpaired) electrons. The Bertz CT molecular complexity index is 52.6. The monoisotopic (exact) mass is 156 g/mol. The normalized spacial score (nSPS) is 10.8. The SMILES string of the molecule is CN(C)C.FC(F)(F)[Si+3]. The Hall–Kier alpha value is -0.0331. The molecule has 9 heavy (non-hydrogen) atoms. The van der Waals surface area contributed by atoms with E-state index < -0.39 is 5.80 Å². The number of alkyl halides is 3. The van der Waals surface area contributed by atoms with E-state index in [1.165, 1.54) is 10.2 Å². The molecular formula is C4H9F3NSi+3. The molecule has 0 amide bonds. The molecule has 0 spiro atoms. The Labute approximate surface area is 56.3 Å².